The molecule has 3 nitrogen and oxygen atoms in total. The molecule has 0 saturated carbocycles. The summed E-state index contributed by atoms with van der Waals surface area (Å²) in [5, 5.41) is 17.8. The summed E-state index contributed by atoms with van der Waals surface area (Å²) in [4.78, 5) is 10.9. The van der Waals surface area contributed by atoms with E-state index in [1.54, 1.807) is 24.3 Å². The van der Waals surface area contributed by atoms with Crippen molar-refractivity contribution in [1.82, 2.24) is 0 Å². The lowest BCUT2D eigenvalue weighted by Gasteiger charge is -2.06. The Labute approximate surface area is 82.6 Å². The summed E-state index contributed by atoms with van der Waals surface area (Å²) in [6.45, 7) is 1.49. The van der Waals surface area contributed by atoms with Gasteiger partial charge in [0.25, 0.3) is 0 Å². The van der Waals surface area contributed by atoms with E-state index >= 15 is 0 Å². The number of nitriles is 1. The monoisotopic (exact) mass is 189 g/mol. The third-order valence-corrected chi connectivity index (χ3v) is 1.99. The number of carbonyl (C=O) groups excluding carboxylic acids is 1. The van der Waals surface area contributed by atoms with Crippen molar-refractivity contribution in [3.63, 3.8) is 0 Å². The SMILES string of the molecule is CC(=O)c1ccc(C(O)CC#N)cc1. The van der Waals surface area contributed by atoms with Gasteiger partial charge in [-0.05, 0) is 12.5 Å². The Morgan fingerprint density at radius 2 is 2.07 bits per heavy atom. The molecular weight excluding hydrogens is 178 g/mol. The lowest BCUT2D eigenvalue weighted by atomic mass is 10.0. The van der Waals surface area contributed by atoms with Crippen molar-refractivity contribution in [2.75, 3.05) is 0 Å². The average molecular weight is 189 g/mol. The van der Waals surface area contributed by atoms with E-state index in [4.69, 9.17) is 5.26 Å². The van der Waals surface area contributed by atoms with Crippen molar-refractivity contribution >= 4 is 5.78 Å². The normalized spacial score (nSPS) is 11.8. The predicted molar refractivity (Wildman–Crippen MR) is 51.6 cm³/mol. The minimum Gasteiger partial charge on any atom is -0.387 e. The maximum absolute atomic E-state index is 10.9. The topological polar surface area (TPSA) is 61.1 Å². The van der Waals surface area contributed by atoms with Crippen LogP contribution in [0.25, 0.3) is 0 Å². The standard InChI is InChI=1S/C11H11NO2/c1-8(13)9-2-4-10(5-3-9)11(14)6-7-12/h2-5,11,14H,6H2,1H3. The van der Waals surface area contributed by atoms with Crippen LogP contribution in [-0.2, 0) is 0 Å². The molecule has 0 saturated heterocycles. The first-order chi connectivity index (χ1) is 6.65. The second-order valence-corrected chi connectivity index (χ2v) is 3.06. The van der Waals surface area contributed by atoms with Gasteiger partial charge in [0.2, 0.25) is 0 Å². The van der Waals surface area contributed by atoms with Gasteiger partial charge in [-0.15, -0.1) is 0 Å². The molecule has 0 fully saturated rings. The number of aliphatic hydroxyl groups excluding tert-OH is 1. The van der Waals surface area contributed by atoms with Crippen LogP contribution in [0.15, 0.2) is 24.3 Å². The minimum atomic E-state index is -0.763. The summed E-state index contributed by atoms with van der Waals surface area (Å²) < 4.78 is 0. The molecule has 0 bridgehead atoms. The molecule has 1 aromatic rings. The fourth-order valence-electron chi connectivity index (χ4n) is 1.14. The molecule has 0 amide bonds. The van der Waals surface area contributed by atoms with Crippen LogP contribution in [0.4, 0.5) is 0 Å². The molecule has 1 rings (SSSR count). The fraction of sp³-hybridized carbons (Fsp3) is 0.273. The van der Waals surface area contributed by atoms with Gasteiger partial charge >= 0.3 is 0 Å². The maximum atomic E-state index is 10.9. The molecule has 0 heterocycles. The third kappa shape index (κ3) is 2.41. The second-order valence-electron chi connectivity index (χ2n) is 3.06. The van der Waals surface area contributed by atoms with Gasteiger partial charge in [0.15, 0.2) is 5.78 Å². The molecule has 3 heteroatoms. The Morgan fingerprint density at radius 3 is 2.50 bits per heavy atom. The molecule has 0 aliphatic rings. The molecule has 14 heavy (non-hydrogen) atoms. The van der Waals surface area contributed by atoms with Crippen molar-refractivity contribution in [3.05, 3.63) is 35.4 Å². The van der Waals surface area contributed by atoms with Crippen LogP contribution in [0.3, 0.4) is 0 Å². The van der Waals surface area contributed by atoms with Gasteiger partial charge in [0, 0.05) is 5.56 Å². The average Bonchev–Trinajstić information content (AvgIpc) is 2.18. The highest BCUT2D eigenvalue weighted by Crippen LogP contribution is 2.16. The zero-order chi connectivity index (χ0) is 10.6. The highest BCUT2D eigenvalue weighted by atomic mass is 16.3. The lowest BCUT2D eigenvalue weighted by molar-refractivity contribution is 0.101. The number of hydrogen-bond donors (Lipinski definition) is 1. The molecule has 0 aliphatic heterocycles. The van der Waals surface area contributed by atoms with Crippen molar-refractivity contribution in [1.29, 1.82) is 5.26 Å². The van der Waals surface area contributed by atoms with E-state index in [0.29, 0.717) is 11.1 Å². The Bertz CT molecular complexity index is 362. The van der Waals surface area contributed by atoms with E-state index in [-0.39, 0.29) is 12.2 Å². The number of rotatable bonds is 3. The summed E-state index contributed by atoms with van der Waals surface area (Å²) in [5.41, 5.74) is 1.27. The lowest BCUT2D eigenvalue weighted by Crippen LogP contribution is -1.97. The number of ketones is 1. The van der Waals surface area contributed by atoms with E-state index in [1.165, 1.54) is 6.92 Å². The first-order valence-electron chi connectivity index (χ1n) is 4.31. The number of aliphatic hydroxyl groups is 1. The zero-order valence-electron chi connectivity index (χ0n) is 7.90. The molecule has 1 aromatic carbocycles. The van der Waals surface area contributed by atoms with Gasteiger partial charge in [0.05, 0.1) is 18.6 Å². The number of benzene rings is 1. The van der Waals surface area contributed by atoms with Crippen molar-refractivity contribution < 1.29 is 9.90 Å². The number of carbonyl (C=O) groups is 1. The quantitative estimate of drug-likeness (QED) is 0.738. The number of hydrogen-bond acceptors (Lipinski definition) is 3. The van der Waals surface area contributed by atoms with Crippen molar-refractivity contribution in [2.45, 2.75) is 19.4 Å². The molecule has 0 radical (unpaired) electrons. The summed E-state index contributed by atoms with van der Waals surface area (Å²) in [5.74, 6) is -0.00803. The van der Waals surface area contributed by atoms with Crippen molar-refractivity contribution in [2.24, 2.45) is 0 Å². The van der Waals surface area contributed by atoms with Crippen LogP contribution < -0.4 is 0 Å². The van der Waals surface area contributed by atoms with Crippen LogP contribution >= 0.6 is 0 Å². The van der Waals surface area contributed by atoms with Gasteiger partial charge < -0.3 is 5.11 Å². The molecule has 1 atom stereocenters. The van der Waals surface area contributed by atoms with Crippen LogP contribution in [0.5, 0.6) is 0 Å². The van der Waals surface area contributed by atoms with E-state index in [9.17, 15) is 9.90 Å². The first-order valence-corrected chi connectivity index (χ1v) is 4.31. The second kappa shape index (κ2) is 4.54. The van der Waals surface area contributed by atoms with E-state index < -0.39 is 6.10 Å². The summed E-state index contributed by atoms with van der Waals surface area (Å²) >= 11 is 0. The smallest absolute Gasteiger partial charge is 0.159 e. The van der Waals surface area contributed by atoms with Gasteiger partial charge in [-0.1, -0.05) is 24.3 Å². The highest BCUT2D eigenvalue weighted by molar-refractivity contribution is 5.94. The Kier molecular flexibility index (Phi) is 3.38. The number of nitrogens with zero attached hydrogens (tertiary/aromatic N) is 1. The van der Waals surface area contributed by atoms with Crippen molar-refractivity contribution in [3.8, 4) is 6.07 Å². The van der Waals surface area contributed by atoms with E-state index in [2.05, 4.69) is 0 Å². The van der Waals surface area contributed by atoms with Gasteiger partial charge in [-0.3, -0.25) is 4.79 Å². The summed E-state index contributed by atoms with van der Waals surface area (Å²) in [6.07, 6.45) is -0.694. The Morgan fingerprint density at radius 1 is 1.50 bits per heavy atom. The van der Waals surface area contributed by atoms with Crippen LogP contribution in [0, 0.1) is 11.3 Å². The third-order valence-electron chi connectivity index (χ3n) is 1.99. The summed E-state index contributed by atoms with van der Waals surface area (Å²) in [7, 11) is 0. The Balaban J connectivity index is 2.84. The predicted octanol–water partition coefficient (Wildman–Crippen LogP) is 1.84. The minimum absolute atomic E-state index is 0.00803. The first kappa shape index (κ1) is 10.4. The molecule has 72 valence electrons. The fourth-order valence-corrected chi connectivity index (χ4v) is 1.14. The highest BCUT2D eigenvalue weighted by Gasteiger charge is 2.06. The zero-order valence-corrected chi connectivity index (χ0v) is 7.90. The maximum Gasteiger partial charge on any atom is 0.159 e. The van der Waals surface area contributed by atoms with Crippen LogP contribution in [-0.4, -0.2) is 10.9 Å². The van der Waals surface area contributed by atoms with Crippen LogP contribution in [0.1, 0.15) is 35.4 Å². The summed E-state index contributed by atoms with van der Waals surface area (Å²) in [6, 6.07) is 8.52. The molecule has 0 aliphatic carbocycles. The largest absolute Gasteiger partial charge is 0.387 e. The Hall–Kier alpha value is -1.66. The molecule has 0 spiro atoms. The van der Waals surface area contributed by atoms with Gasteiger partial charge in [-0.25, -0.2) is 0 Å². The van der Waals surface area contributed by atoms with E-state index in [0.717, 1.165) is 0 Å². The molecule has 0 aromatic heterocycles. The molecular formula is C11H11NO2. The molecule has 1 N–H and O–H groups in total. The van der Waals surface area contributed by atoms with Gasteiger partial charge in [-0.2, -0.15) is 5.26 Å². The number of Topliss-reactive ketones (excluding diaryl/α,β-unsaturated/α-hetero) is 1. The van der Waals surface area contributed by atoms with Crippen LogP contribution in [0.2, 0.25) is 0 Å². The van der Waals surface area contributed by atoms with E-state index in [1.807, 2.05) is 6.07 Å². The molecule has 1 unspecified atom stereocenters. The van der Waals surface area contributed by atoms with Gasteiger partial charge in [0.1, 0.15) is 0 Å².